The van der Waals surface area contributed by atoms with E-state index in [2.05, 4.69) is 15.3 Å². The molecule has 1 saturated heterocycles. The Bertz CT molecular complexity index is 104. The molecule has 0 amide bonds. The molecule has 1 aliphatic rings. The Labute approximate surface area is 55.1 Å². The minimum absolute atomic E-state index is 1.04. The summed E-state index contributed by atoms with van der Waals surface area (Å²) in [5, 5.41) is 7.10. The lowest BCUT2D eigenvalue weighted by Crippen LogP contribution is -2.27. The Morgan fingerprint density at radius 3 is 2.67 bits per heavy atom. The summed E-state index contributed by atoms with van der Waals surface area (Å²) >= 11 is 0. The quantitative estimate of drug-likeness (QED) is 0.518. The van der Waals surface area contributed by atoms with E-state index in [4.69, 9.17) is 0 Å². The molecular weight excluding hydrogens is 116 g/mol. The predicted molar refractivity (Wildman–Crippen MR) is 36.5 cm³/mol. The average Bonchev–Trinajstić information content (AvgIpc) is 1.91. The Balaban J connectivity index is 2.30. The minimum atomic E-state index is 1.04. The van der Waals surface area contributed by atoms with Gasteiger partial charge in [-0.05, 0) is 0 Å². The molecule has 1 rings (SSSR count). The molecule has 1 fully saturated rings. The van der Waals surface area contributed by atoms with Crippen molar-refractivity contribution in [3.05, 3.63) is 0 Å². The molecule has 0 saturated carbocycles. The molecule has 0 unspecified atom stereocenters. The highest BCUT2D eigenvalue weighted by Gasteiger charge is 2.04. The van der Waals surface area contributed by atoms with Gasteiger partial charge >= 0.3 is 0 Å². The zero-order valence-corrected chi connectivity index (χ0v) is 5.68. The van der Waals surface area contributed by atoms with Gasteiger partial charge in [0.15, 0.2) is 0 Å². The standard InChI is InChI=1S/C6H12N2O/c1-9-8-6-2-4-7-5-3-6/h7H,2-5H2,1H3. The summed E-state index contributed by atoms with van der Waals surface area (Å²) in [6, 6.07) is 0. The maximum atomic E-state index is 4.64. The summed E-state index contributed by atoms with van der Waals surface area (Å²) in [7, 11) is 1.59. The zero-order valence-electron chi connectivity index (χ0n) is 5.68. The zero-order chi connectivity index (χ0) is 6.53. The second-order valence-corrected chi connectivity index (χ2v) is 2.09. The lowest BCUT2D eigenvalue weighted by atomic mass is 10.1. The van der Waals surface area contributed by atoms with Gasteiger partial charge in [0.05, 0.1) is 5.71 Å². The molecule has 0 atom stereocenters. The van der Waals surface area contributed by atoms with Crippen molar-refractivity contribution in [3.63, 3.8) is 0 Å². The van der Waals surface area contributed by atoms with Crippen LogP contribution in [0.4, 0.5) is 0 Å². The van der Waals surface area contributed by atoms with Gasteiger partial charge in [0.2, 0.25) is 0 Å². The fourth-order valence-electron chi connectivity index (χ4n) is 0.936. The number of hydrogen-bond acceptors (Lipinski definition) is 3. The molecule has 0 aromatic carbocycles. The number of hydrogen-bond donors (Lipinski definition) is 1. The predicted octanol–water partition coefficient (Wildman–Crippen LogP) is 0.372. The fraction of sp³-hybridized carbons (Fsp3) is 0.833. The van der Waals surface area contributed by atoms with Crippen molar-refractivity contribution in [3.8, 4) is 0 Å². The summed E-state index contributed by atoms with van der Waals surface area (Å²) in [5.41, 5.74) is 1.18. The van der Waals surface area contributed by atoms with Gasteiger partial charge in [0.1, 0.15) is 7.11 Å². The van der Waals surface area contributed by atoms with Crippen LogP contribution in [0.5, 0.6) is 0 Å². The van der Waals surface area contributed by atoms with Crippen LogP contribution < -0.4 is 5.32 Å². The van der Waals surface area contributed by atoms with Gasteiger partial charge in [0, 0.05) is 25.9 Å². The van der Waals surface area contributed by atoms with E-state index in [0.29, 0.717) is 0 Å². The van der Waals surface area contributed by atoms with Crippen molar-refractivity contribution in [1.29, 1.82) is 0 Å². The van der Waals surface area contributed by atoms with Gasteiger partial charge in [-0.15, -0.1) is 0 Å². The third-order valence-electron chi connectivity index (χ3n) is 1.40. The Hall–Kier alpha value is -0.570. The largest absolute Gasteiger partial charge is 0.399 e. The molecule has 1 N–H and O–H groups in total. The van der Waals surface area contributed by atoms with Crippen molar-refractivity contribution in [2.75, 3.05) is 20.2 Å². The first kappa shape index (κ1) is 6.55. The molecule has 3 heteroatoms. The Morgan fingerprint density at radius 2 is 2.11 bits per heavy atom. The van der Waals surface area contributed by atoms with E-state index >= 15 is 0 Å². The molecule has 0 bridgehead atoms. The van der Waals surface area contributed by atoms with Crippen LogP contribution in [0.3, 0.4) is 0 Å². The van der Waals surface area contributed by atoms with Crippen LogP contribution in [0, 0.1) is 0 Å². The van der Waals surface area contributed by atoms with E-state index in [1.807, 2.05) is 0 Å². The molecule has 0 aliphatic carbocycles. The van der Waals surface area contributed by atoms with Crippen molar-refractivity contribution < 1.29 is 4.84 Å². The summed E-state index contributed by atoms with van der Waals surface area (Å²) in [6.07, 6.45) is 2.07. The highest BCUT2D eigenvalue weighted by molar-refractivity contribution is 5.84. The van der Waals surface area contributed by atoms with Crippen molar-refractivity contribution in [2.24, 2.45) is 5.16 Å². The van der Waals surface area contributed by atoms with Crippen molar-refractivity contribution >= 4 is 5.71 Å². The third-order valence-corrected chi connectivity index (χ3v) is 1.40. The second-order valence-electron chi connectivity index (χ2n) is 2.09. The second kappa shape index (κ2) is 3.45. The molecule has 1 heterocycles. The van der Waals surface area contributed by atoms with Crippen LogP contribution in [0.25, 0.3) is 0 Å². The third kappa shape index (κ3) is 2.01. The van der Waals surface area contributed by atoms with Crippen LogP contribution in [-0.2, 0) is 4.84 Å². The Morgan fingerprint density at radius 1 is 1.44 bits per heavy atom. The number of oxime groups is 1. The minimum Gasteiger partial charge on any atom is -0.399 e. The van der Waals surface area contributed by atoms with E-state index in [1.54, 1.807) is 7.11 Å². The highest BCUT2D eigenvalue weighted by atomic mass is 16.6. The number of nitrogens with zero attached hydrogens (tertiary/aromatic N) is 1. The summed E-state index contributed by atoms with van der Waals surface area (Å²) in [5.74, 6) is 0. The average molecular weight is 128 g/mol. The van der Waals surface area contributed by atoms with Crippen LogP contribution in [-0.4, -0.2) is 25.9 Å². The molecule has 0 aromatic heterocycles. The van der Waals surface area contributed by atoms with Gasteiger partial charge in [-0.1, -0.05) is 5.16 Å². The first-order valence-corrected chi connectivity index (χ1v) is 3.23. The van der Waals surface area contributed by atoms with Crippen LogP contribution in [0.2, 0.25) is 0 Å². The molecule has 0 radical (unpaired) electrons. The van der Waals surface area contributed by atoms with E-state index in [1.165, 1.54) is 5.71 Å². The highest BCUT2D eigenvalue weighted by Crippen LogP contribution is 1.97. The normalized spacial score (nSPS) is 19.4. The SMILES string of the molecule is CON=C1CCNCC1. The Kier molecular flexibility index (Phi) is 2.51. The fourth-order valence-corrected chi connectivity index (χ4v) is 0.936. The smallest absolute Gasteiger partial charge is 0.106 e. The molecule has 0 spiro atoms. The maximum absolute atomic E-state index is 4.64. The molecular formula is C6H12N2O. The summed E-state index contributed by atoms with van der Waals surface area (Å²) in [6.45, 7) is 2.09. The van der Waals surface area contributed by atoms with E-state index < -0.39 is 0 Å². The maximum Gasteiger partial charge on any atom is 0.106 e. The van der Waals surface area contributed by atoms with Gasteiger partial charge in [-0.3, -0.25) is 0 Å². The van der Waals surface area contributed by atoms with Gasteiger partial charge < -0.3 is 10.2 Å². The first-order chi connectivity index (χ1) is 4.43. The lowest BCUT2D eigenvalue weighted by Gasteiger charge is -2.12. The van der Waals surface area contributed by atoms with E-state index in [0.717, 1.165) is 25.9 Å². The summed E-state index contributed by atoms with van der Waals surface area (Å²) in [4.78, 5) is 4.64. The first-order valence-electron chi connectivity index (χ1n) is 3.23. The molecule has 0 aromatic rings. The van der Waals surface area contributed by atoms with E-state index in [9.17, 15) is 0 Å². The molecule has 52 valence electrons. The van der Waals surface area contributed by atoms with Crippen molar-refractivity contribution in [2.45, 2.75) is 12.8 Å². The van der Waals surface area contributed by atoms with Gasteiger partial charge in [0.25, 0.3) is 0 Å². The van der Waals surface area contributed by atoms with Gasteiger partial charge in [-0.2, -0.15) is 0 Å². The topological polar surface area (TPSA) is 33.6 Å². The number of nitrogens with one attached hydrogen (secondary N) is 1. The molecule has 3 nitrogen and oxygen atoms in total. The molecule has 1 aliphatic heterocycles. The monoisotopic (exact) mass is 128 g/mol. The summed E-state index contributed by atoms with van der Waals surface area (Å²) < 4.78 is 0. The van der Waals surface area contributed by atoms with Crippen LogP contribution in [0.1, 0.15) is 12.8 Å². The number of rotatable bonds is 1. The number of piperidine rings is 1. The molecule has 9 heavy (non-hydrogen) atoms. The van der Waals surface area contributed by atoms with Crippen molar-refractivity contribution in [1.82, 2.24) is 5.32 Å². The van der Waals surface area contributed by atoms with Crippen LogP contribution in [0.15, 0.2) is 5.16 Å². The van der Waals surface area contributed by atoms with E-state index in [-0.39, 0.29) is 0 Å². The van der Waals surface area contributed by atoms with Crippen LogP contribution >= 0.6 is 0 Å². The lowest BCUT2D eigenvalue weighted by molar-refractivity contribution is 0.211. The van der Waals surface area contributed by atoms with Gasteiger partial charge in [-0.25, -0.2) is 0 Å².